The first-order valence-electron chi connectivity index (χ1n) is 8.76. The van der Waals surface area contributed by atoms with Crippen LogP contribution < -0.4 is 5.32 Å². The largest absolute Gasteiger partial charge is 0.390 e. The van der Waals surface area contributed by atoms with Gasteiger partial charge in [0.1, 0.15) is 16.8 Å². The van der Waals surface area contributed by atoms with Crippen LogP contribution in [0.25, 0.3) is 11.2 Å². The third-order valence-corrected chi connectivity index (χ3v) is 6.29. The second-order valence-electron chi connectivity index (χ2n) is 7.53. The quantitative estimate of drug-likeness (QED) is 0.738. The number of nitrogens with zero attached hydrogens (tertiary/aromatic N) is 3. The zero-order valence-electron chi connectivity index (χ0n) is 13.3. The smallest absolute Gasteiger partial charge is 0.164 e. The summed E-state index contributed by atoms with van der Waals surface area (Å²) in [6.45, 7) is 0.928. The standard InChI is InChI=1S/C17H21ClN4O2/c18-12-5-11(19-6-8-2-1-3-8)13-17(21-12)22(7-20-13)14-9-4-10(9)15(23)16(14)24/h5,7-10,14-16,23-24H,1-4,6H2,(H,19,21)/t9-,10+,14+,15+,16-/m0/s1. The highest BCUT2D eigenvalue weighted by Gasteiger charge is 2.60. The summed E-state index contributed by atoms with van der Waals surface area (Å²) in [6.07, 6.45) is 5.14. The summed E-state index contributed by atoms with van der Waals surface area (Å²) in [5.41, 5.74) is 2.36. The van der Waals surface area contributed by atoms with Gasteiger partial charge in [-0.15, -0.1) is 0 Å². The molecule has 3 saturated carbocycles. The molecule has 0 amide bonds. The number of fused-ring (bicyclic) bond motifs is 2. The van der Waals surface area contributed by atoms with Crippen molar-refractivity contribution in [3.05, 3.63) is 17.5 Å². The van der Waals surface area contributed by atoms with E-state index in [9.17, 15) is 10.2 Å². The molecule has 3 aliphatic rings. The van der Waals surface area contributed by atoms with Gasteiger partial charge in [-0.05, 0) is 37.0 Å². The Labute approximate surface area is 144 Å². The molecule has 5 atom stereocenters. The van der Waals surface area contributed by atoms with E-state index in [0.717, 1.165) is 30.1 Å². The number of imidazole rings is 1. The van der Waals surface area contributed by atoms with Crippen molar-refractivity contribution in [2.45, 2.75) is 43.9 Å². The van der Waals surface area contributed by atoms with Crippen LogP contribution >= 0.6 is 11.6 Å². The summed E-state index contributed by atoms with van der Waals surface area (Å²) in [6, 6.07) is 1.65. The van der Waals surface area contributed by atoms with E-state index in [1.165, 1.54) is 19.3 Å². The minimum absolute atomic E-state index is 0.166. The van der Waals surface area contributed by atoms with E-state index in [4.69, 9.17) is 11.6 Å². The van der Waals surface area contributed by atoms with Gasteiger partial charge in [-0.2, -0.15) is 0 Å². The lowest BCUT2D eigenvalue weighted by molar-refractivity contribution is 0.00386. The maximum Gasteiger partial charge on any atom is 0.164 e. The van der Waals surface area contributed by atoms with Gasteiger partial charge in [-0.25, -0.2) is 9.97 Å². The van der Waals surface area contributed by atoms with E-state index in [1.807, 2.05) is 10.6 Å². The Morgan fingerprint density at radius 2 is 2.08 bits per heavy atom. The van der Waals surface area contributed by atoms with Gasteiger partial charge >= 0.3 is 0 Å². The second kappa shape index (κ2) is 5.31. The van der Waals surface area contributed by atoms with Gasteiger partial charge in [-0.1, -0.05) is 18.0 Å². The van der Waals surface area contributed by atoms with E-state index >= 15 is 0 Å². The number of pyridine rings is 1. The highest BCUT2D eigenvalue weighted by Crippen LogP contribution is 2.58. The zero-order chi connectivity index (χ0) is 16.4. The Morgan fingerprint density at radius 3 is 2.75 bits per heavy atom. The molecule has 7 heteroatoms. The fourth-order valence-electron chi connectivity index (χ4n) is 4.38. The average molecular weight is 349 g/mol. The van der Waals surface area contributed by atoms with Crippen molar-refractivity contribution in [3.8, 4) is 0 Å². The highest BCUT2D eigenvalue weighted by molar-refractivity contribution is 6.30. The maximum absolute atomic E-state index is 10.4. The zero-order valence-corrected chi connectivity index (χ0v) is 14.0. The molecule has 0 unspecified atom stereocenters. The van der Waals surface area contributed by atoms with Gasteiger partial charge < -0.3 is 20.1 Å². The molecule has 0 aliphatic heterocycles. The molecule has 3 fully saturated rings. The molecule has 0 bridgehead atoms. The summed E-state index contributed by atoms with van der Waals surface area (Å²) < 4.78 is 1.90. The Bertz CT molecular complexity index is 790. The monoisotopic (exact) mass is 348 g/mol. The third-order valence-electron chi connectivity index (χ3n) is 6.09. The van der Waals surface area contributed by atoms with Crippen molar-refractivity contribution in [3.63, 3.8) is 0 Å². The molecule has 0 saturated heterocycles. The fraction of sp³-hybridized carbons (Fsp3) is 0.647. The van der Waals surface area contributed by atoms with Crippen molar-refractivity contribution in [1.29, 1.82) is 0 Å². The van der Waals surface area contributed by atoms with Crippen molar-refractivity contribution >= 4 is 28.5 Å². The number of anilines is 1. The molecule has 6 nitrogen and oxygen atoms in total. The van der Waals surface area contributed by atoms with Crippen LogP contribution in [-0.2, 0) is 0 Å². The number of halogens is 1. The van der Waals surface area contributed by atoms with Gasteiger partial charge in [0.25, 0.3) is 0 Å². The number of hydrogen-bond donors (Lipinski definition) is 3. The molecule has 2 heterocycles. The number of aliphatic hydroxyl groups excluding tert-OH is 2. The summed E-state index contributed by atoms with van der Waals surface area (Å²) >= 11 is 6.23. The van der Waals surface area contributed by atoms with Crippen LogP contribution in [0.3, 0.4) is 0 Å². The van der Waals surface area contributed by atoms with Crippen LogP contribution in [0.4, 0.5) is 5.69 Å². The lowest BCUT2D eigenvalue weighted by Gasteiger charge is -2.26. The van der Waals surface area contributed by atoms with Gasteiger partial charge in [0.2, 0.25) is 0 Å². The van der Waals surface area contributed by atoms with E-state index in [-0.39, 0.29) is 12.0 Å². The van der Waals surface area contributed by atoms with Gasteiger partial charge in [0.15, 0.2) is 5.65 Å². The van der Waals surface area contributed by atoms with Crippen LogP contribution in [0.5, 0.6) is 0 Å². The summed E-state index contributed by atoms with van der Waals surface area (Å²) in [7, 11) is 0. The Morgan fingerprint density at radius 1 is 1.25 bits per heavy atom. The van der Waals surface area contributed by atoms with E-state index in [2.05, 4.69) is 15.3 Å². The first-order chi connectivity index (χ1) is 11.6. The summed E-state index contributed by atoms with van der Waals surface area (Å²) in [5.74, 6) is 1.24. The second-order valence-corrected chi connectivity index (χ2v) is 7.92. The van der Waals surface area contributed by atoms with Crippen molar-refractivity contribution in [2.75, 3.05) is 11.9 Å². The van der Waals surface area contributed by atoms with Crippen molar-refractivity contribution < 1.29 is 10.2 Å². The van der Waals surface area contributed by atoms with Gasteiger partial charge in [0, 0.05) is 12.6 Å². The molecule has 2 aromatic heterocycles. The molecular weight excluding hydrogens is 328 g/mol. The molecule has 128 valence electrons. The number of aromatic nitrogens is 3. The minimum Gasteiger partial charge on any atom is -0.390 e. The van der Waals surface area contributed by atoms with Crippen molar-refractivity contribution in [1.82, 2.24) is 14.5 Å². The molecule has 5 rings (SSSR count). The van der Waals surface area contributed by atoms with Crippen LogP contribution in [-0.4, -0.2) is 43.5 Å². The first kappa shape index (κ1) is 14.9. The molecule has 3 N–H and O–H groups in total. The molecule has 2 aromatic rings. The molecular formula is C17H21ClN4O2. The lowest BCUT2D eigenvalue weighted by Crippen LogP contribution is -2.31. The van der Waals surface area contributed by atoms with E-state index in [0.29, 0.717) is 16.7 Å². The third kappa shape index (κ3) is 2.16. The molecule has 24 heavy (non-hydrogen) atoms. The minimum atomic E-state index is -0.765. The molecule has 0 radical (unpaired) electrons. The number of aliphatic hydroxyl groups is 2. The Balaban J connectivity index is 1.50. The molecule has 0 spiro atoms. The van der Waals surface area contributed by atoms with Crippen LogP contribution in [0, 0.1) is 17.8 Å². The fourth-order valence-corrected chi connectivity index (χ4v) is 4.57. The Kier molecular flexibility index (Phi) is 3.30. The maximum atomic E-state index is 10.4. The summed E-state index contributed by atoms with van der Waals surface area (Å²) in [5, 5.41) is 24.3. The van der Waals surface area contributed by atoms with Gasteiger partial charge in [-0.3, -0.25) is 0 Å². The molecule has 0 aromatic carbocycles. The predicted molar refractivity (Wildman–Crippen MR) is 91.0 cm³/mol. The number of nitrogens with one attached hydrogen (secondary N) is 1. The lowest BCUT2D eigenvalue weighted by atomic mass is 9.85. The Hall–Kier alpha value is -1.37. The van der Waals surface area contributed by atoms with Crippen LogP contribution in [0.1, 0.15) is 31.7 Å². The number of rotatable bonds is 4. The van der Waals surface area contributed by atoms with Crippen molar-refractivity contribution in [2.24, 2.45) is 17.8 Å². The normalized spacial score (nSPS) is 35.0. The van der Waals surface area contributed by atoms with Gasteiger partial charge in [0.05, 0.1) is 24.2 Å². The highest BCUT2D eigenvalue weighted by atomic mass is 35.5. The van der Waals surface area contributed by atoms with E-state index < -0.39 is 12.2 Å². The number of hydrogen-bond acceptors (Lipinski definition) is 5. The van der Waals surface area contributed by atoms with Crippen LogP contribution in [0.2, 0.25) is 5.15 Å². The SMILES string of the molecule is O[C@@H]1[C@H](O)[C@@H]2C[C@@H]2[C@H]1n1cnc2c(NCC3CCC3)cc(Cl)nc21. The topological polar surface area (TPSA) is 83.2 Å². The predicted octanol–water partition coefficient (Wildman–Crippen LogP) is 2.21. The summed E-state index contributed by atoms with van der Waals surface area (Å²) in [4.78, 5) is 8.97. The van der Waals surface area contributed by atoms with E-state index in [1.54, 1.807) is 6.33 Å². The average Bonchev–Trinajstić information content (AvgIpc) is 3.11. The molecule has 3 aliphatic carbocycles. The van der Waals surface area contributed by atoms with Crippen LogP contribution in [0.15, 0.2) is 12.4 Å². The first-order valence-corrected chi connectivity index (χ1v) is 9.14.